The van der Waals surface area contributed by atoms with E-state index in [1.165, 1.54) is 45.0 Å². The largest absolute Gasteiger partial charge is 0.497 e. The molecule has 10 heteroatoms. The number of nitriles is 3. The summed E-state index contributed by atoms with van der Waals surface area (Å²) in [6.07, 6.45) is 11.3. The van der Waals surface area contributed by atoms with Crippen LogP contribution in [0.1, 0.15) is 69.6 Å². The molecular weight excluding hydrogens is 851 g/mol. The van der Waals surface area contributed by atoms with Gasteiger partial charge in [-0.15, -0.1) is 0 Å². The van der Waals surface area contributed by atoms with Gasteiger partial charge in [0, 0.05) is 77.8 Å². The number of anilines is 3. The lowest BCUT2D eigenvalue weighted by atomic mass is 9.83. The minimum atomic E-state index is -0.127. The third-order valence-electron chi connectivity index (χ3n) is 13.5. The number of aryl methyl sites for hydroxylation is 1. The van der Waals surface area contributed by atoms with Crippen LogP contribution in [0.15, 0.2) is 173 Å². The Hall–Kier alpha value is -8.39. The molecule has 6 aromatic rings. The van der Waals surface area contributed by atoms with Crippen molar-refractivity contribution in [3.05, 3.63) is 196 Å². The van der Waals surface area contributed by atoms with Crippen LogP contribution >= 0.6 is 0 Å². The Kier molecular flexibility index (Phi) is 14.0. The number of fused-ring (bicyclic) bond motifs is 4. The van der Waals surface area contributed by atoms with Gasteiger partial charge in [-0.2, -0.15) is 15.8 Å². The summed E-state index contributed by atoms with van der Waals surface area (Å²) in [7, 11) is 7.88. The quantitative estimate of drug-likeness (QED) is 0.129. The number of nitrogens with one attached hydrogen (secondary N) is 1. The number of hydrogen-bond acceptors (Lipinski definition) is 9. The number of rotatable bonds is 6. The number of aromatic amines is 1. The maximum Gasteiger partial charge on any atom is 0.149 e. The molecule has 0 saturated heterocycles. The molecule has 3 aliphatic rings. The highest BCUT2D eigenvalue weighted by molar-refractivity contribution is 5.84. The third kappa shape index (κ3) is 9.46. The van der Waals surface area contributed by atoms with Crippen molar-refractivity contribution >= 4 is 45.6 Å². The molecule has 346 valence electrons. The summed E-state index contributed by atoms with van der Waals surface area (Å²) in [4.78, 5) is 18.9. The highest BCUT2D eigenvalue weighted by atomic mass is 16.5. The summed E-state index contributed by atoms with van der Waals surface area (Å²) in [5.74, 6) is 1.44. The molecule has 0 amide bonds. The van der Waals surface area contributed by atoms with Crippen molar-refractivity contribution in [2.75, 3.05) is 43.0 Å². The van der Waals surface area contributed by atoms with Gasteiger partial charge in [-0.25, -0.2) is 4.98 Å². The van der Waals surface area contributed by atoms with Gasteiger partial charge >= 0.3 is 0 Å². The zero-order valence-corrected chi connectivity index (χ0v) is 41.4. The summed E-state index contributed by atoms with van der Waals surface area (Å²) < 4.78 is 5.17. The molecule has 9 rings (SSSR count). The first kappa shape index (κ1) is 48.5. The number of benzene rings is 5. The first-order valence-electron chi connectivity index (χ1n) is 22.9. The van der Waals surface area contributed by atoms with Crippen molar-refractivity contribution in [3.63, 3.8) is 0 Å². The summed E-state index contributed by atoms with van der Waals surface area (Å²) in [5, 5.41) is 27.2. The zero-order valence-electron chi connectivity index (χ0n) is 41.4. The number of hydrogen-bond donors (Lipinski definition) is 1. The van der Waals surface area contributed by atoms with Crippen LogP contribution in [0.4, 0.5) is 22.7 Å². The van der Waals surface area contributed by atoms with Crippen molar-refractivity contribution in [2.24, 2.45) is 4.99 Å². The monoisotopic (exact) mass is 909 g/mol. The average molecular weight is 910 g/mol. The molecule has 4 heterocycles. The van der Waals surface area contributed by atoms with Crippen LogP contribution in [0.25, 0.3) is 16.6 Å². The zero-order chi connectivity index (χ0) is 49.7. The Balaban J connectivity index is 0.000000155. The number of nitrogens with zero attached hydrogens (tertiary/aromatic N) is 8. The van der Waals surface area contributed by atoms with E-state index in [0.29, 0.717) is 11.4 Å². The Bertz CT molecular complexity index is 3180. The van der Waals surface area contributed by atoms with E-state index in [-0.39, 0.29) is 21.8 Å². The second-order valence-corrected chi connectivity index (χ2v) is 18.8. The van der Waals surface area contributed by atoms with Gasteiger partial charge in [-0.1, -0.05) is 108 Å². The van der Waals surface area contributed by atoms with Crippen molar-refractivity contribution < 1.29 is 4.74 Å². The van der Waals surface area contributed by atoms with E-state index in [4.69, 9.17) is 15.3 Å². The summed E-state index contributed by atoms with van der Waals surface area (Å²) >= 11 is 0. The Morgan fingerprint density at radius 1 is 0.609 bits per heavy atom. The normalized spacial score (nSPS) is 17.5. The lowest BCUT2D eigenvalue weighted by molar-refractivity contribution is 0.415. The molecule has 0 atom stereocenters. The number of aromatic nitrogens is 2. The highest BCUT2D eigenvalue weighted by Gasteiger charge is 2.40. The molecule has 1 N–H and O–H groups in total. The third-order valence-corrected chi connectivity index (χ3v) is 13.5. The highest BCUT2D eigenvalue weighted by Crippen LogP contribution is 2.49. The second-order valence-electron chi connectivity index (χ2n) is 18.8. The molecule has 69 heavy (non-hydrogen) atoms. The van der Waals surface area contributed by atoms with Crippen LogP contribution in [0.5, 0.6) is 5.75 Å². The van der Waals surface area contributed by atoms with Gasteiger partial charge in [-0.05, 0) is 108 Å². The number of allylic oxidation sites excluding steroid dienone is 10. The molecule has 0 unspecified atom stereocenters. The first-order valence-corrected chi connectivity index (χ1v) is 22.9. The van der Waals surface area contributed by atoms with Gasteiger partial charge in [0.15, 0.2) is 0 Å². The molecule has 10 nitrogen and oxygen atoms in total. The minimum Gasteiger partial charge on any atom is -0.497 e. The van der Waals surface area contributed by atoms with Crippen molar-refractivity contribution in [1.29, 1.82) is 15.8 Å². The molecule has 0 bridgehead atoms. The predicted octanol–water partition coefficient (Wildman–Crippen LogP) is 13.1. The van der Waals surface area contributed by atoms with Crippen LogP contribution in [0.3, 0.4) is 0 Å². The van der Waals surface area contributed by atoms with Crippen molar-refractivity contribution in [1.82, 2.24) is 9.97 Å². The van der Waals surface area contributed by atoms with Crippen molar-refractivity contribution in [3.8, 4) is 24.0 Å². The van der Waals surface area contributed by atoms with E-state index >= 15 is 0 Å². The second kappa shape index (κ2) is 19.8. The lowest BCUT2D eigenvalue weighted by Gasteiger charge is -2.23. The molecule has 3 aliphatic heterocycles. The van der Waals surface area contributed by atoms with E-state index in [2.05, 4.69) is 159 Å². The van der Waals surface area contributed by atoms with Crippen LogP contribution in [-0.4, -0.2) is 44.4 Å². The fourth-order valence-corrected chi connectivity index (χ4v) is 9.75. The van der Waals surface area contributed by atoms with Gasteiger partial charge in [-0.3, -0.25) is 4.99 Å². The molecule has 0 fully saturated rings. The molecule has 0 radical (unpaired) electrons. The molecule has 0 spiro atoms. The van der Waals surface area contributed by atoms with Crippen LogP contribution in [-0.2, 0) is 16.2 Å². The number of H-pyrrole nitrogens is 1. The van der Waals surface area contributed by atoms with E-state index in [1.54, 1.807) is 13.2 Å². The number of aliphatic imine (C=N–C) groups is 1. The molecule has 1 aromatic heterocycles. The van der Waals surface area contributed by atoms with Gasteiger partial charge < -0.3 is 24.4 Å². The maximum absolute atomic E-state index is 9.63. The lowest BCUT2D eigenvalue weighted by Crippen LogP contribution is -2.23. The van der Waals surface area contributed by atoms with Gasteiger partial charge in [0.2, 0.25) is 0 Å². The maximum atomic E-state index is 9.63. The van der Waals surface area contributed by atoms with Gasteiger partial charge in [0.1, 0.15) is 35.4 Å². The minimum absolute atomic E-state index is 0.0258. The fourth-order valence-electron chi connectivity index (χ4n) is 9.75. The Labute approximate surface area is 407 Å². The number of ether oxygens (including phenoxy) is 1. The molecular formula is C59H59N9O. The van der Waals surface area contributed by atoms with Crippen molar-refractivity contribution in [2.45, 2.75) is 64.7 Å². The SMILES string of the molecule is CN1/C(=C/C=C(C#N)C#N)C(C)(C)c2ccccc21.CN1/C(=C\C=C(/C#N)c2nc3ccccc3[nH]2)C(C)(C)c2ccccc21.COc1ccc(N=C/C=C2\N(C)c3c(C)cccc3C2(C)C)cc1. The number of para-hydroxylation sites is 5. The Morgan fingerprint density at radius 2 is 1.13 bits per heavy atom. The van der Waals surface area contributed by atoms with Crippen LogP contribution < -0.4 is 19.4 Å². The molecule has 0 saturated carbocycles. The van der Waals surface area contributed by atoms with E-state index in [1.807, 2.05) is 104 Å². The first-order chi connectivity index (χ1) is 33.0. The molecule has 5 aromatic carbocycles. The average Bonchev–Trinajstić information content (AvgIpc) is 3.99. The predicted molar refractivity (Wildman–Crippen MR) is 283 cm³/mol. The Morgan fingerprint density at radius 3 is 1.67 bits per heavy atom. The summed E-state index contributed by atoms with van der Waals surface area (Å²) in [5.41, 5.74) is 15.5. The van der Waals surface area contributed by atoms with E-state index in [9.17, 15) is 5.26 Å². The number of imidazole rings is 1. The smallest absolute Gasteiger partial charge is 0.149 e. The van der Waals surface area contributed by atoms with Crippen LogP contribution in [0, 0.1) is 40.9 Å². The van der Waals surface area contributed by atoms with Crippen LogP contribution in [0.2, 0.25) is 0 Å². The van der Waals surface area contributed by atoms with E-state index in [0.717, 1.165) is 33.9 Å². The fraction of sp³-hybridized carbons (Fsp3) is 0.237. The number of methoxy groups -OCH3 is 1. The summed E-state index contributed by atoms with van der Waals surface area (Å²) in [6, 6.07) is 44.8. The standard InChI is InChI=1S/C22H20N4.C21H24N2O.C16H15N3/c1-22(2)16-8-4-7-11-19(16)26(3)20(22)13-12-15(14-23)21-24-17-9-5-6-10-18(17)25-21;1-15-7-6-8-18-20(15)23(4)19(21(18,2)3)13-14-22-16-9-11-17(24-5)12-10-16;1-16(2)13-6-4-5-7-14(13)19(3)15(16)9-8-12(10-17)11-18/h4-13H,1-3H3,(H,24,25);6-14H,1-5H3;4-9H,1-3H3/b15-12+,20-13-;19-13-,22-14?;15-9+. The summed E-state index contributed by atoms with van der Waals surface area (Å²) in [6.45, 7) is 15.4. The van der Waals surface area contributed by atoms with E-state index < -0.39 is 0 Å². The topological polar surface area (TPSA) is 131 Å². The number of likely N-dealkylation sites (N-methyl/N-ethyl adjacent to an activating group) is 3. The van der Waals surface area contributed by atoms with Gasteiger partial charge in [0.25, 0.3) is 0 Å². The van der Waals surface area contributed by atoms with Gasteiger partial charge in [0.05, 0.1) is 29.4 Å². The molecule has 0 aliphatic carbocycles.